The van der Waals surface area contributed by atoms with Crippen molar-refractivity contribution in [2.75, 3.05) is 5.75 Å². The van der Waals surface area contributed by atoms with Crippen molar-refractivity contribution in [2.24, 2.45) is 0 Å². The van der Waals surface area contributed by atoms with Crippen LogP contribution in [0.1, 0.15) is 5.56 Å². The fourth-order valence-electron chi connectivity index (χ4n) is 0.568. The van der Waals surface area contributed by atoms with E-state index < -0.39 is 0 Å². The summed E-state index contributed by atoms with van der Waals surface area (Å²) in [6, 6.07) is 0. The van der Waals surface area contributed by atoms with Gasteiger partial charge in [0, 0.05) is 6.20 Å². The van der Waals surface area contributed by atoms with Crippen LogP contribution in [0.3, 0.4) is 0 Å². The molecule has 3 nitrogen and oxygen atoms in total. The van der Waals surface area contributed by atoms with Gasteiger partial charge in [-0.2, -0.15) is 12.6 Å². The minimum Gasteiger partial charge on any atom is -0.312 e. The highest BCUT2D eigenvalue weighted by Gasteiger charge is 1.90. The molecule has 0 radical (unpaired) electrons. The summed E-state index contributed by atoms with van der Waals surface area (Å²) in [6.45, 7) is 0. The van der Waals surface area contributed by atoms with Crippen LogP contribution in [0.5, 0.6) is 0 Å². The van der Waals surface area contributed by atoms with E-state index in [0.717, 1.165) is 0 Å². The van der Waals surface area contributed by atoms with Crippen molar-refractivity contribution in [1.82, 2.24) is 9.97 Å². The normalized spacial score (nSPS) is 8.45. The van der Waals surface area contributed by atoms with Gasteiger partial charge in [-0.1, -0.05) is 11.8 Å². The molecule has 0 aliphatic carbocycles. The molecule has 0 atom stereocenters. The van der Waals surface area contributed by atoms with E-state index in [1.807, 2.05) is 0 Å². The number of thiol groups is 1. The molecular formula is C7H6N2OS. The Hall–Kier alpha value is -1.21. The van der Waals surface area contributed by atoms with E-state index in [4.69, 9.17) is 0 Å². The summed E-state index contributed by atoms with van der Waals surface area (Å²) in [5.41, 5.74) is 0.163. The highest BCUT2D eigenvalue weighted by Crippen LogP contribution is 1.80. The molecule has 0 amide bonds. The van der Waals surface area contributed by atoms with Crippen molar-refractivity contribution >= 4 is 12.6 Å². The smallest absolute Gasteiger partial charge is 0.266 e. The lowest BCUT2D eigenvalue weighted by Gasteiger charge is -1.84. The van der Waals surface area contributed by atoms with Crippen LogP contribution in [0.15, 0.2) is 17.3 Å². The third kappa shape index (κ3) is 2.13. The first-order chi connectivity index (χ1) is 5.34. The molecule has 0 fully saturated rings. The number of nitrogens with one attached hydrogen (secondary N) is 1. The van der Waals surface area contributed by atoms with Crippen molar-refractivity contribution < 1.29 is 0 Å². The Morgan fingerprint density at radius 3 is 3.18 bits per heavy atom. The minimum atomic E-state index is -0.214. The molecule has 0 aromatic carbocycles. The van der Waals surface area contributed by atoms with Gasteiger partial charge in [0.1, 0.15) is 5.56 Å². The Labute approximate surface area is 69.3 Å². The summed E-state index contributed by atoms with van der Waals surface area (Å²) < 4.78 is 0. The van der Waals surface area contributed by atoms with Gasteiger partial charge in [0.2, 0.25) is 0 Å². The zero-order chi connectivity index (χ0) is 8.10. The van der Waals surface area contributed by atoms with E-state index in [1.54, 1.807) is 0 Å². The third-order valence-electron chi connectivity index (χ3n) is 1.02. The largest absolute Gasteiger partial charge is 0.312 e. The van der Waals surface area contributed by atoms with Gasteiger partial charge in [0.05, 0.1) is 12.1 Å². The number of hydrogen-bond acceptors (Lipinski definition) is 3. The lowest BCUT2D eigenvalue weighted by atomic mass is 10.3. The quantitative estimate of drug-likeness (QED) is 0.422. The molecule has 0 saturated carbocycles. The Balaban J connectivity index is 3.05. The van der Waals surface area contributed by atoms with Crippen molar-refractivity contribution in [3.05, 3.63) is 28.4 Å². The van der Waals surface area contributed by atoms with E-state index in [1.165, 1.54) is 12.5 Å². The van der Waals surface area contributed by atoms with Crippen LogP contribution in [-0.2, 0) is 0 Å². The summed E-state index contributed by atoms with van der Waals surface area (Å²) >= 11 is 3.88. The zero-order valence-electron chi connectivity index (χ0n) is 5.66. The summed E-state index contributed by atoms with van der Waals surface area (Å²) in [5.74, 6) is 5.73. The molecule has 1 heterocycles. The first kappa shape index (κ1) is 7.89. The van der Waals surface area contributed by atoms with Gasteiger partial charge < -0.3 is 4.98 Å². The second-order valence-electron chi connectivity index (χ2n) is 1.75. The number of aromatic amines is 1. The maximum atomic E-state index is 10.9. The first-order valence-corrected chi connectivity index (χ1v) is 3.60. The lowest BCUT2D eigenvalue weighted by molar-refractivity contribution is 1.10. The van der Waals surface area contributed by atoms with Crippen molar-refractivity contribution in [3.8, 4) is 11.8 Å². The average Bonchev–Trinajstić information content (AvgIpc) is 2.03. The van der Waals surface area contributed by atoms with Crippen molar-refractivity contribution in [3.63, 3.8) is 0 Å². The van der Waals surface area contributed by atoms with Gasteiger partial charge in [-0.3, -0.25) is 4.79 Å². The molecule has 1 N–H and O–H groups in total. The molecule has 0 bridgehead atoms. The van der Waals surface area contributed by atoms with Gasteiger partial charge >= 0.3 is 0 Å². The second kappa shape index (κ2) is 3.84. The topological polar surface area (TPSA) is 45.8 Å². The zero-order valence-corrected chi connectivity index (χ0v) is 6.56. The van der Waals surface area contributed by atoms with E-state index >= 15 is 0 Å². The van der Waals surface area contributed by atoms with Gasteiger partial charge in [-0.05, 0) is 0 Å². The molecule has 0 spiro atoms. The first-order valence-electron chi connectivity index (χ1n) is 2.97. The number of hydrogen-bond donors (Lipinski definition) is 2. The van der Waals surface area contributed by atoms with Crippen LogP contribution in [-0.4, -0.2) is 15.7 Å². The predicted octanol–water partition coefficient (Wildman–Crippen LogP) is 0.0512. The molecule has 1 aromatic rings. The Kier molecular flexibility index (Phi) is 2.75. The Bertz CT molecular complexity index is 347. The molecule has 0 unspecified atom stereocenters. The molecule has 0 saturated heterocycles. The molecule has 4 heteroatoms. The van der Waals surface area contributed by atoms with E-state index in [9.17, 15) is 4.79 Å². The van der Waals surface area contributed by atoms with Crippen LogP contribution in [0.25, 0.3) is 0 Å². The number of H-pyrrole nitrogens is 1. The maximum absolute atomic E-state index is 10.9. The minimum absolute atomic E-state index is 0.214. The van der Waals surface area contributed by atoms with E-state index in [0.29, 0.717) is 11.3 Å². The predicted molar refractivity (Wildman–Crippen MR) is 45.6 cm³/mol. The van der Waals surface area contributed by atoms with Crippen LogP contribution < -0.4 is 5.56 Å². The van der Waals surface area contributed by atoms with E-state index in [2.05, 4.69) is 34.4 Å². The summed E-state index contributed by atoms with van der Waals surface area (Å²) in [6.07, 6.45) is 2.75. The molecule has 0 aliphatic heterocycles. The Morgan fingerprint density at radius 2 is 2.55 bits per heavy atom. The van der Waals surface area contributed by atoms with Gasteiger partial charge in [0.25, 0.3) is 5.56 Å². The van der Waals surface area contributed by atoms with E-state index in [-0.39, 0.29) is 5.56 Å². The van der Waals surface area contributed by atoms with Crippen LogP contribution in [0.2, 0.25) is 0 Å². The third-order valence-corrected chi connectivity index (χ3v) is 1.18. The molecule has 11 heavy (non-hydrogen) atoms. The highest BCUT2D eigenvalue weighted by atomic mass is 32.1. The molecule has 1 aromatic heterocycles. The van der Waals surface area contributed by atoms with Gasteiger partial charge in [-0.25, -0.2) is 4.98 Å². The molecular weight excluding hydrogens is 160 g/mol. The SMILES string of the molecule is O=c1[nH]cncc1C#CCS. The standard InChI is InChI=1S/C7H6N2OS/c10-7-6(2-1-3-11)4-8-5-9-7/h4-5,11H,3H2,(H,8,9,10). The molecule has 0 aliphatic rings. The van der Waals surface area contributed by atoms with Crippen LogP contribution in [0, 0.1) is 11.8 Å². The summed E-state index contributed by atoms with van der Waals surface area (Å²) in [4.78, 5) is 17.0. The van der Waals surface area contributed by atoms with Crippen LogP contribution >= 0.6 is 12.6 Å². The maximum Gasteiger partial charge on any atom is 0.266 e. The Morgan fingerprint density at radius 1 is 1.73 bits per heavy atom. The fraction of sp³-hybridized carbons (Fsp3) is 0.143. The number of nitrogens with zero attached hydrogens (tertiary/aromatic N) is 1. The summed E-state index contributed by atoms with van der Waals surface area (Å²) in [5, 5.41) is 0. The lowest BCUT2D eigenvalue weighted by Crippen LogP contribution is -2.09. The average molecular weight is 166 g/mol. The monoisotopic (exact) mass is 166 g/mol. The highest BCUT2D eigenvalue weighted by molar-refractivity contribution is 7.80. The van der Waals surface area contributed by atoms with Gasteiger partial charge in [0.15, 0.2) is 0 Å². The second-order valence-corrected chi connectivity index (χ2v) is 2.07. The molecule has 56 valence electrons. The fourth-order valence-corrected chi connectivity index (χ4v) is 0.647. The summed E-state index contributed by atoms with van der Waals surface area (Å²) in [7, 11) is 0. The van der Waals surface area contributed by atoms with Crippen molar-refractivity contribution in [1.29, 1.82) is 0 Å². The van der Waals surface area contributed by atoms with Crippen LogP contribution in [0.4, 0.5) is 0 Å². The number of rotatable bonds is 0. The van der Waals surface area contributed by atoms with Crippen molar-refractivity contribution in [2.45, 2.75) is 0 Å². The van der Waals surface area contributed by atoms with Gasteiger partial charge in [-0.15, -0.1) is 0 Å². The number of aromatic nitrogens is 2. The molecule has 1 rings (SSSR count).